The number of nitro groups is 1. The molecule has 174 valence electrons. The van der Waals surface area contributed by atoms with Gasteiger partial charge in [0.15, 0.2) is 0 Å². The Balaban J connectivity index is 2.88. The maximum atomic E-state index is 13.1. The highest BCUT2D eigenvalue weighted by Gasteiger charge is 2.41. The molecule has 0 aliphatic carbocycles. The second-order valence-electron chi connectivity index (χ2n) is 6.42. The molecule has 1 heterocycles. The molecular weight excluding hydrogens is 498 g/mol. The summed E-state index contributed by atoms with van der Waals surface area (Å²) in [5.74, 6) is -3.41. The molecule has 32 heavy (non-hydrogen) atoms. The summed E-state index contributed by atoms with van der Waals surface area (Å²) in [5.41, 5.74) is -0.204. The minimum Gasteiger partial charge on any atom is -0.463 e. The van der Waals surface area contributed by atoms with Gasteiger partial charge in [-0.1, -0.05) is 15.9 Å². The number of dihydropyridines is 1. The zero-order valence-corrected chi connectivity index (χ0v) is 19.0. The van der Waals surface area contributed by atoms with Gasteiger partial charge >= 0.3 is 18.6 Å². The van der Waals surface area contributed by atoms with E-state index in [4.69, 9.17) is 9.47 Å². The SMILES string of the molecule is CCOC(=O)C1=C(C)NC(CBr)=C(C(=O)OCC)[C@H]1c1cc([N+](=O)[O-])ccc1OC(F)F. The zero-order chi connectivity index (χ0) is 24.0. The maximum absolute atomic E-state index is 13.1. The topological polar surface area (TPSA) is 117 Å². The van der Waals surface area contributed by atoms with E-state index < -0.39 is 40.8 Å². The minimum atomic E-state index is -3.25. The number of rotatable bonds is 9. The molecule has 0 radical (unpaired) electrons. The van der Waals surface area contributed by atoms with Gasteiger partial charge in [0, 0.05) is 34.4 Å². The van der Waals surface area contributed by atoms with Crippen molar-refractivity contribution < 1.29 is 37.5 Å². The lowest BCUT2D eigenvalue weighted by Gasteiger charge is -2.31. The van der Waals surface area contributed by atoms with Crippen LogP contribution in [0.2, 0.25) is 0 Å². The van der Waals surface area contributed by atoms with E-state index in [9.17, 15) is 28.5 Å². The molecule has 1 aromatic carbocycles. The van der Waals surface area contributed by atoms with Crippen molar-refractivity contribution in [3.63, 3.8) is 0 Å². The number of halogens is 3. The summed E-state index contributed by atoms with van der Waals surface area (Å²) in [7, 11) is 0. The van der Waals surface area contributed by atoms with Gasteiger partial charge < -0.3 is 19.5 Å². The molecule has 0 saturated heterocycles. The summed E-state index contributed by atoms with van der Waals surface area (Å²) in [4.78, 5) is 36.4. The molecule has 0 saturated carbocycles. The van der Waals surface area contributed by atoms with E-state index in [1.165, 1.54) is 6.92 Å². The summed E-state index contributed by atoms with van der Waals surface area (Å²) in [6.45, 7) is 1.43. The van der Waals surface area contributed by atoms with Crippen LogP contribution in [0, 0.1) is 10.1 Å². The number of nitro benzene ring substituents is 1. The minimum absolute atomic E-state index is 0.00141. The van der Waals surface area contributed by atoms with Crippen LogP contribution >= 0.6 is 15.9 Å². The van der Waals surface area contributed by atoms with Crippen molar-refractivity contribution in [3.05, 3.63) is 56.4 Å². The number of allylic oxidation sites excluding steroid dienone is 2. The third kappa shape index (κ3) is 5.42. The highest BCUT2D eigenvalue weighted by atomic mass is 79.9. The summed E-state index contributed by atoms with van der Waals surface area (Å²) in [5, 5.41) is 14.4. The first-order chi connectivity index (χ1) is 15.2. The zero-order valence-electron chi connectivity index (χ0n) is 17.4. The Hall–Kier alpha value is -3.02. The Morgan fingerprint density at radius 1 is 1.19 bits per heavy atom. The number of nitrogens with zero attached hydrogens (tertiary/aromatic N) is 1. The molecule has 0 amide bonds. The first kappa shape index (κ1) is 25.2. The Bertz CT molecular complexity index is 979. The fourth-order valence-corrected chi connectivity index (χ4v) is 3.76. The van der Waals surface area contributed by atoms with E-state index in [2.05, 4.69) is 26.0 Å². The lowest BCUT2D eigenvalue weighted by molar-refractivity contribution is -0.385. The van der Waals surface area contributed by atoms with Crippen molar-refractivity contribution in [1.82, 2.24) is 5.32 Å². The van der Waals surface area contributed by atoms with Gasteiger partial charge in [-0.05, 0) is 26.8 Å². The fraction of sp³-hybridized carbons (Fsp3) is 0.400. The normalized spacial score (nSPS) is 16.0. The number of non-ortho nitro benzene ring substituents is 1. The smallest absolute Gasteiger partial charge is 0.387 e. The lowest BCUT2D eigenvalue weighted by atomic mass is 9.79. The van der Waals surface area contributed by atoms with Gasteiger partial charge in [0.05, 0.1) is 35.2 Å². The van der Waals surface area contributed by atoms with Crippen LogP contribution in [0.4, 0.5) is 14.5 Å². The fourth-order valence-electron chi connectivity index (χ4n) is 3.32. The van der Waals surface area contributed by atoms with Crippen molar-refractivity contribution in [2.45, 2.75) is 33.3 Å². The molecule has 0 bridgehead atoms. The van der Waals surface area contributed by atoms with E-state index >= 15 is 0 Å². The number of nitrogens with one attached hydrogen (secondary N) is 1. The van der Waals surface area contributed by atoms with Crippen LogP contribution in [0.3, 0.4) is 0 Å². The molecule has 0 fully saturated rings. The van der Waals surface area contributed by atoms with Gasteiger partial charge in [-0.3, -0.25) is 10.1 Å². The molecule has 2 rings (SSSR count). The van der Waals surface area contributed by atoms with Crippen LogP contribution in [-0.2, 0) is 19.1 Å². The van der Waals surface area contributed by atoms with Crippen LogP contribution in [-0.4, -0.2) is 42.0 Å². The van der Waals surface area contributed by atoms with E-state index in [0.717, 1.165) is 18.2 Å². The van der Waals surface area contributed by atoms with E-state index in [1.807, 2.05) is 0 Å². The molecule has 0 aromatic heterocycles. The van der Waals surface area contributed by atoms with Crippen molar-refractivity contribution in [1.29, 1.82) is 0 Å². The molecular formula is C20H21BrF2N2O7. The van der Waals surface area contributed by atoms with Crippen LogP contribution in [0.25, 0.3) is 0 Å². The van der Waals surface area contributed by atoms with Gasteiger partial charge in [0.2, 0.25) is 0 Å². The largest absolute Gasteiger partial charge is 0.463 e. The standard InChI is InChI=1S/C20H21BrF2N2O7/c1-4-30-18(26)15-10(3)24-13(9-21)17(19(27)31-5-2)16(15)12-8-11(25(28)29)6-7-14(12)32-20(22)23/h6-8,16,20,24H,4-5,9H2,1-3H3/t16-/m0/s1. The summed E-state index contributed by atoms with van der Waals surface area (Å²) < 4.78 is 41.1. The highest BCUT2D eigenvalue weighted by molar-refractivity contribution is 9.09. The molecule has 1 aliphatic heterocycles. The number of carbonyl (C=O) groups excluding carboxylic acids is 2. The van der Waals surface area contributed by atoms with Crippen LogP contribution < -0.4 is 10.1 Å². The summed E-state index contributed by atoms with van der Waals surface area (Å²) in [6.07, 6.45) is 0. The Kier molecular flexibility index (Phi) is 8.70. The molecule has 0 spiro atoms. The predicted octanol–water partition coefficient (Wildman–Crippen LogP) is 3.93. The monoisotopic (exact) mass is 518 g/mol. The maximum Gasteiger partial charge on any atom is 0.387 e. The quantitative estimate of drug-likeness (QED) is 0.226. The predicted molar refractivity (Wildman–Crippen MR) is 112 cm³/mol. The van der Waals surface area contributed by atoms with Crippen LogP contribution in [0.1, 0.15) is 32.3 Å². The van der Waals surface area contributed by atoms with Crippen molar-refractivity contribution in [2.75, 3.05) is 18.5 Å². The molecule has 1 N–H and O–H groups in total. The highest BCUT2D eigenvalue weighted by Crippen LogP contribution is 2.44. The van der Waals surface area contributed by atoms with E-state index in [1.54, 1.807) is 13.8 Å². The van der Waals surface area contributed by atoms with Crippen molar-refractivity contribution in [3.8, 4) is 5.75 Å². The van der Waals surface area contributed by atoms with E-state index in [-0.39, 0.29) is 41.0 Å². The number of hydrogen-bond donors (Lipinski definition) is 1. The second-order valence-corrected chi connectivity index (χ2v) is 6.98. The molecule has 0 unspecified atom stereocenters. The van der Waals surface area contributed by atoms with Crippen molar-refractivity contribution >= 4 is 33.6 Å². The Morgan fingerprint density at radius 3 is 2.28 bits per heavy atom. The number of carbonyl (C=O) groups is 2. The molecule has 1 aliphatic rings. The van der Waals surface area contributed by atoms with Gasteiger partial charge in [0.1, 0.15) is 5.75 Å². The van der Waals surface area contributed by atoms with Crippen molar-refractivity contribution in [2.24, 2.45) is 0 Å². The van der Waals surface area contributed by atoms with Crippen LogP contribution in [0.15, 0.2) is 40.7 Å². The van der Waals surface area contributed by atoms with Crippen LogP contribution in [0.5, 0.6) is 5.75 Å². The van der Waals surface area contributed by atoms with Gasteiger partial charge in [-0.2, -0.15) is 8.78 Å². The summed E-state index contributed by atoms with van der Waals surface area (Å²) in [6, 6.07) is 2.98. The lowest BCUT2D eigenvalue weighted by Crippen LogP contribution is -2.34. The first-order valence-electron chi connectivity index (χ1n) is 9.50. The third-order valence-electron chi connectivity index (χ3n) is 4.50. The first-order valence-corrected chi connectivity index (χ1v) is 10.6. The number of esters is 2. The molecule has 1 aromatic rings. The third-order valence-corrected chi connectivity index (χ3v) is 5.06. The summed E-state index contributed by atoms with van der Waals surface area (Å²) >= 11 is 3.26. The molecule has 9 nitrogen and oxygen atoms in total. The average molecular weight is 519 g/mol. The Labute approximate surface area is 190 Å². The number of benzene rings is 1. The van der Waals surface area contributed by atoms with Gasteiger partial charge in [-0.15, -0.1) is 0 Å². The second kappa shape index (κ2) is 11.0. The molecule has 1 atom stereocenters. The molecule has 12 heteroatoms. The van der Waals surface area contributed by atoms with Gasteiger partial charge in [-0.25, -0.2) is 9.59 Å². The Morgan fingerprint density at radius 2 is 1.78 bits per heavy atom. The number of hydrogen-bond acceptors (Lipinski definition) is 8. The number of ether oxygens (including phenoxy) is 3. The van der Waals surface area contributed by atoms with E-state index in [0.29, 0.717) is 5.70 Å². The average Bonchev–Trinajstić information content (AvgIpc) is 2.72. The van der Waals surface area contributed by atoms with Gasteiger partial charge in [0.25, 0.3) is 5.69 Å². The number of alkyl halides is 3.